The molecule has 1 aliphatic heterocycles. The Bertz CT molecular complexity index is 495. The van der Waals surface area contributed by atoms with E-state index in [0.717, 1.165) is 32.8 Å². The van der Waals surface area contributed by atoms with E-state index >= 15 is 0 Å². The highest BCUT2D eigenvalue weighted by atomic mass is 16.5. The topological polar surface area (TPSA) is 70.8 Å². The minimum atomic E-state index is -0.152. The number of urea groups is 1. The molecule has 0 atom stereocenters. The summed E-state index contributed by atoms with van der Waals surface area (Å²) in [6.07, 6.45) is 1.44. The monoisotopic (exact) mass is 310 g/mol. The Labute approximate surface area is 131 Å². The van der Waals surface area contributed by atoms with Gasteiger partial charge >= 0.3 is 6.03 Å². The molecule has 1 fully saturated rings. The number of hydrogen-bond acceptors (Lipinski definition) is 5. The second kappa shape index (κ2) is 7.11. The van der Waals surface area contributed by atoms with Gasteiger partial charge in [-0.2, -0.15) is 0 Å². The first kappa shape index (κ1) is 16.8. The van der Waals surface area contributed by atoms with Gasteiger partial charge in [-0.05, 0) is 12.3 Å². The van der Waals surface area contributed by atoms with Gasteiger partial charge in [-0.15, -0.1) is 0 Å². The zero-order valence-corrected chi connectivity index (χ0v) is 13.9. The molecule has 1 aromatic rings. The number of hydrogen-bond donors (Lipinski definition) is 1. The smallest absolute Gasteiger partial charge is 0.321 e. The molecule has 2 rings (SSSR count). The van der Waals surface area contributed by atoms with E-state index in [0.29, 0.717) is 17.9 Å². The molecule has 2 heterocycles. The van der Waals surface area contributed by atoms with Crippen molar-refractivity contribution in [3.8, 4) is 0 Å². The van der Waals surface area contributed by atoms with Crippen LogP contribution in [0.15, 0.2) is 10.8 Å². The summed E-state index contributed by atoms with van der Waals surface area (Å²) in [6, 6.07) is -0.152. The summed E-state index contributed by atoms with van der Waals surface area (Å²) in [6.45, 7) is 11.3. The molecule has 0 saturated carbocycles. The maximum atomic E-state index is 12.2. The number of amides is 2. The fraction of sp³-hybridized carbons (Fsp3) is 0.733. The molecule has 0 spiro atoms. The maximum Gasteiger partial charge on any atom is 0.321 e. The van der Waals surface area contributed by atoms with Crippen molar-refractivity contribution in [1.29, 1.82) is 0 Å². The van der Waals surface area contributed by atoms with E-state index in [9.17, 15) is 4.79 Å². The van der Waals surface area contributed by atoms with Crippen LogP contribution in [0.1, 0.15) is 19.5 Å². The van der Waals surface area contributed by atoms with E-state index in [2.05, 4.69) is 29.2 Å². The number of carbonyl (C=O) groups is 1. The van der Waals surface area contributed by atoms with Gasteiger partial charge in [-0.3, -0.25) is 4.90 Å². The SMILES string of the molecule is Cc1nocc1NC(=O)N(C)CC(C)(C)CN1CCOCC1. The van der Waals surface area contributed by atoms with Crippen LogP contribution in [0.3, 0.4) is 0 Å². The highest BCUT2D eigenvalue weighted by Crippen LogP contribution is 2.20. The lowest BCUT2D eigenvalue weighted by atomic mass is 9.92. The van der Waals surface area contributed by atoms with Crippen LogP contribution in [0.25, 0.3) is 0 Å². The number of anilines is 1. The lowest BCUT2D eigenvalue weighted by Gasteiger charge is -2.37. The normalized spacial score (nSPS) is 16.5. The lowest BCUT2D eigenvalue weighted by Crippen LogP contribution is -2.47. The quantitative estimate of drug-likeness (QED) is 0.898. The van der Waals surface area contributed by atoms with Crippen molar-refractivity contribution in [3.63, 3.8) is 0 Å². The Balaban J connectivity index is 1.84. The van der Waals surface area contributed by atoms with Crippen LogP contribution >= 0.6 is 0 Å². The molecule has 7 heteroatoms. The second-order valence-corrected chi connectivity index (χ2v) is 6.65. The van der Waals surface area contributed by atoms with E-state index in [1.54, 1.807) is 18.9 Å². The number of nitrogens with zero attached hydrogens (tertiary/aromatic N) is 3. The van der Waals surface area contributed by atoms with Gasteiger partial charge in [0, 0.05) is 33.2 Å². The molecule has 1 N–H and O–H groups in total. The Morgan fingerprint density at radius 2 is 2.14 bits per heavy atom. The summed E-state index contributed by atoms with van der Waals surface area (Å²) in [5, 5.41) is 6.57. The van der Waals surface area contributed by atoms with E-state index in [4.69, 9.17) is 9.26 Å². The summed E-state index contributed by atoms with van der Waals surface area (Å²) in [5.41, 5.74) is 1.30. The molecule has 0 unspecified atom stereocenters. The van der Waals surface area contributed by atoms with Gasteiger partial charge in [0.15, 0.2) is 0 Å². The molecule has 0 bridgehead atoms. The van der Waals surface area contributed by atoms with Crippen molar-refractivity contribution in [2.45, 2.75) is 20.8 Å². The van der Waals surface area contributed by atoms with Crippen molar-refractivity contribution < 1.29 is 14.1 Å². The zero-order valence-electron chi connectivity index (χ0n) is 13.9. The van der Waals surface area contributed by atoms with Crippen molar-refractivity contribution in [2.75, 3.05) is 51.8 Å². The van der Waals surface area contributed by atoms with Crippen LogP contribution in [-0.4, -0.2) is 67.4 Å². The van der Waals surface area contributed by atoms with Crippen molar-refractivity contribution >= 4 is 11.7 Å². The fourth-order valence-corrected chi connectivity index (χ4v) is 2.75. The number of aryl methyl sites for hydroxylation is 1. The van der Waals surface area contributed by atoms with Gasteiger partial charge in [0.05, 0.1) is 13.2 Å². The highest BCUT2D eigenvalue weighted by Gasteiger charge is 2.26. The number of morpholine rings is 1. The standard InChI is InChI=1S/C15H26N4O3/c1-12-13(9-22-17-12)16-14(20)18(4)10-15(2,3)11-19-5-7-21-8-6-19/h9H,5-8,10-11H2,1-4H3,(H,16,20). The minimum absolute atomic E-state index is 0.00706. The minimum Gasteiger partial charge on any atom is -0.379 e. The predicted octanol–water partition coefficient (Wildman–Crippen LogP) is 1.81. The average molecular weight is 310 g/mol. The van der Waals surface area contributed by atoms with Crippen LogP contribution in [0.5, 0.6) is 0 Å². The Morgan fingerprint density at radius 3 is 2.73 bits per heavy atom. The van der Waals surface area contributed by atoms with Crippen molar-refractivity contribution in [2.24, 2.45) is 5.41 Å². The number of aromatic nitrogens is 1. The van der Waals surface area contributed by atoms with Gasteiger partial charge in [-0.25, -0.2) is 4.79 Å². The number of ether oxygens (including phenoxy) is 1. The molecule has 0 aliphatic carbocycles. The van der Waals surface area contributed by atoms with E-state index < -0.39 is 0 Å². The molecule has 0 aromatic carbocycles. The van der Waals surface area contributed by atoms with E-state index in [-0.39, 0.29) is 11.4 Å². The van der Waals surface area contributed by atoms with Gasteiger partial charge in [0.25, 0.3) is 0 Å². The summed E-state index contributed by atoms with van der Waals surface area (Å²) in [5.74, 6) is 0. The molecule has 0 radical (unpaired) electrons. The molecule has 22 heavy (non-hydrogen) atoms. The number of nitrogens with one attached hydrogen (secondary N) is 1. The van der Waals surface area contributed by atoms with Crippen LogP contribution in [0.2, 0.25) is 0 Å². The first-order valence-corrected chi connectivity index (χ1v) is 7.60. The molecule has 124 valence electrons. The summed E-state index contributed by atoms with van der Waals surface area (Å²) in [4.78, 5) is 16.3. The fourth-order valence-electron chi connectivity index (χ4n) is 2.75. The molecule has 2 amide bonds. The van der Waals surface area contributed by atoms with Gasteiger partial charge in [0.1, 0.15) is 17.6 Å². The van der Waals surface area contributed by atoms with E-state index in [1.807, 2.05) is 0 Å². The highest BCUT2D eigenvalue weighted by molar-refractivity contribution is 5.89. The molecule has 1 saturated heterocycles. The van der Waals surface area contributed by atoms with Gasteiger partial charge < -0.3 is 19.5 Å². The Kier molecular flexibility index (Phi) is 5.42. The largest absolute Gasteiger partial charge is 0.379 e. The third kappa shape index (κ3) is 4.71. The summed E-state index contributed by atoms with van der Waals surface area (Å²) >= 11 is 0. The first-order valence-electron chi connectivity index (χ1n) is 7.60. The number of carbonyl (C=O) groups excluding carboxylic acids is 1. The molecular formula is C15H26N4O3. The molecule has 7 nitrogen and oxygen atoms in total. The van der Waals surface area contributed by atoms with Crippen LogP contribution < -0.4 is 5.32 Å². The molecule has 1 aromatic heterocycles. The summed E-state index contributed by atoms with van der Waals surface area (Å²) in [7, 11) is 1.80. The van der Waals surface area contributed by atoms with Crippen molar-refractivity contribution in [1.82, 2.24) is 15.0 Å². The first-order chi connectivity index (χ1) is 10.4. The van der Waals surface area contributed by atoms with Crippen molar-refractivity contribution in [3.05, 3.63) is 12.0 Å². The lowest BCUT2D eigenvalue weighted by molar-refractivity contribution is 0.0182. The average Bonchev–Trinajstić information content (AvgIpc) is 2.84. The second-order valence-electron chi connectivity index (χ2n) is 6.65. The van der Waals surface area contributed by atoms with Gasteiger partial charge in [-0.1, -0.05) is 19.0 Å². The number of rotatable bonds is 5. The summed E-state index contributed by atoms with van der Waals surface area (Å²) < 4.78 is 10.2. The van der Waals surface area contributed by atoms with Gasteiger partial charge in [0.2, 0.25) is 0 Å². The van der Waals surface area contributed by atoms with Crippen LogP contribution in [0.4, 0.5) is 10.5 Å². The predicted molar refractivity (Wildman–Crippen MR) is 83.9 cm³/mol. The zero-order chi connectivity index (χ0) is 16.2. The third-order valence-corrected chi connectivity index (χ3v) is 3.76. The van der Waals surface area contributed by atoms with Crippen LogP contribution in [0, 0.1) is 12.3 Å². The van der Waals surface area contributed by atoms with E-state index in [1.165, 1.54) is 6.26 Å². The Morgan fingerprint density at radius 1 is 1.45 bits per heavy atom. The Hall–Kier alpha value is -1.60. The molecule has 1 aliphatic rings. The van der Waals surface area contributed by atoms with Crippen LogP contribution in [-0.2, 0) is 4.74 Å². The maximum absolute atomic E-state index is 12.2. The molecular weight excluding hydrogens is 284 g/mol. The third-order valence-electron chi connectivity index (χ3n) is 3.76.